The first-order valence-electron chi connectivity index (χ1n) is 5.09. The van der Waals surface area contributed by atoms with E-state index < -0.39 is 0 Å². The van der Waals surface area contributed by atoms with Crippen LogP contribution in [-0.2, 0) is 9.47 Å². The normalized spacial score (nSPS) is 13.5. The van der Waals surface area contributed by atoms with E-state index >= 15 is 0 Å². The zero-order chi connectivity index (χ0) is 10.8. The molecule has 0 aromatic heterocycles. The van der Waals surface area contributed by atoms with Crippen LogP contribution >= 0.6 is 0 Å². The molecule has 0 aliphatic rings. The molecular formula is C10H23NO3. The van der Waals surface area contributed by atoms with Gasteiger partial charge in [0.2, 0.25) is 0 Å². The van der Waals surface area contributed by atoms with Crippen molar-refractivity contribution >= 4 is 0 Å². The summed E-state index contributed by atoms with van der Waals surface area (Å²) < 4.78 is 9.99. The molecule has 0 radical (unpaired) electrons. The van der Waals surface area contributed by atoms with Crippen molar-refractivity contribution in [3.63, 3.8) is 0 Å². The Bertz CT molecular complexity index is 120. The van der Waals surface area contributed by atoms with Gasteiger partial charge in [0.25, 0.3) is 0 Å². The lowest BCUT2D eigenvalue weighted by Crippen LogP contribution is -2.34. The van der Waals surface area contributed by atoms with Crippen LogP contribution in [0.4, 0.5) is 0 Å². The molecule has 1 atom stereocenters. The maximum absolute atomic E-state index is 9.26. The van der Waals surface area contributed by atoms with Crippen LogP contribution < -0.4 is 0 Å². The fourth-order valence-electron chi connectivity index (χ4n) is 1.32. The van der Waals surface area contributed by atoms with Crippen LogP contribution in [0.15, 0.2) is 0 Å². The topological polar surface area (TPSA) is 41.9 Å². The number of aliphatic hydroxyl groups is 1. The molecule has 0 spiro atoms. The molecule has 86 valence electrons. The number of methoxy groups -OCH3 is 2. The summed E-state index contributed by atoms with van der Waals surface area (Å²) in [5.41, 5.74) is 0. The predicted molar refractivity (Wildman–Crippen MR) is 56.5 cm³/mol. The lowest BCUT2D eigenvalue weighted by Gasteiger charge is -2.23. The quantitative estimate of drug-likeness (QED) is 0.552. The van der Waals surface area contributed by atoms with Gasteiger partial charge in [-0.25, -0.2) is 0 Å². The van der Waals surface area contributed by atoms with Gasteiger partial charge in [-0.05, 0) is 13.3 Å². The van der Waals surface area contributed by atoms with Crippen LogP contribution in [-0.4, -0.2) is 63.2 Å². The first-order chi connectivity index (χ1) is 6.70. The molecule has 0 unspecified atom stereocenters. The van der Waals surface area contributed by atoms with Gasteiger partial charge in [0.1, 0.15) is 0 Å². The molecule has 0 heterocycles. The fraction of sp³-hybridized carbons (Fsp3) is 1.00. The molecule has 0 aliphatic heterocycles. The molecule has 4 heteroatoms. The zero-order valence-electron chi connectivity index (χ0n) is 9.53. The molecule has 4 nitrogen and oxygen atoms in total. The Morgan fingerprint density at radius 3 is 2.29 bits per heavy atom. The Hall–Kier alpha value is -0.160. The lowest BCUT2D eigenvalue weighted by molar-refractivity contribution is 0.0899. The van der Waals surface area contributed by atoms with Crippen LogP contribution in [0, 0.1) is 0 Å². The second kappa shape index (κ2) is 9.40. The second-order valence-corrected chi connectivity index (χ2v) is 3.49. The van der Waals surface area contributed by atoms with Gasteiger partial charge in [-0.1, -0.05) is 0 Å². The van der Waals surface area contributed by atoms with Gasteiger partial charge in [0.05, 0.1) is 12.7 Å². The van der Waals surface area contributed by atoms with Crippen molar-refractivity contribution in [1.82, 2.24) is 4.90 Å². The van der Waals surface area contributed by atoms with Crippen LogP contribution in [0.2, 0.25) is 0 Å². The molecule has 0 saturated carbocycles. The Kier molecular flexibility index (Phi) is 9.29. The first kappa shape index (κ1) is 13.8. The Labute approximate surface area is 86.8 Å². The van der Waals surface area contributed by atoms with E-state index in [1.165, 1.54) is 0 Å². The largest absolute Gasteiger partial charge is 0.392 e. The monoisotopic (exact) mass is 205 g/mol. The minimum atomic E-state index is -0.283. The van der Waals surface area contributed by atoms with E-state index in [-0.39, 0.29) is 6.10 Å². The van der Waals surface area contributed by atoms with Gasteiger partial charge in [0.15, 0.2) is 0 Å². The van der Waals surface area contributed by atoms with Gasteiger partial charge in [-0.2, -0.15) is 0 Å². The molecule has 0 aromatic carbocycles. The van der Waals surface area contributed by atoms with Crippen molar-refractivity contribution in [2.75, 3.05) is 47.1 Å². The average molecular weight is 205 g/mol. The number of nitrogens with zero attached hydrogens (tertiary/aromatic N) is 1. The molecule has 0 aliphatic carbocycles. The number of hydrogen-bond donors (Lipinski definition) is 1. The standard InChI is InChI=1S/C10H23NO3/c1-10(12)9-11(6-8-14-3)5-4-7-13-2/h10,12H,4-9H2,1-3H3/t10-/m0/s1. The van der Waals surface area contributed by atoms with E-state index in [0.29, 0.717) is 13.2 Å². The smallest absolute Gasteiger partial charge is 0.0639 e. The van der Waals surface area contributed by atoms with Gasteiger partial charge in [-0.15, -0.1) is 0 Å². The van der Waals surface area contributed by atoms with E-state index in [9.17, 15) is 5.11 Å². The summed E-state index contributed by atoms with van der Waals surface area (Å²) in [7, 11) is 3.39. The third-order valence-corrected chi connectivity index (χ3v) is 1.96. The van der Waals surface area contributed by atoms with Crippen molar-refractivity contribution in [3.8, 4) is 0 Å². The minimum absolute atomic E-state index is 0.283. The van der Waals surface area contributed by atoms with Crippen LogP contribution in [0.3, 0.4) is 0 Å². The number of aliphatic hydroxyl groups excluding tert-OH is 1. The van der Waals surface area contributed by atoms with Crippen molar-refractivity contribution in [2.45, 2.75) is 19.4 Å². The Balaban J connectivity index is 3.61. The maximum Gasteiger partial charge on any atom is 0.0639 e. The SMILES string of the molecule is COCCCN(CCOC)C[C@H](C)O. The fourth-order valence-corrected chi connectivity index (χ4v) is 1.32. The zero-order valence-corrected chi connectivity index (χ0v) is 9.53. The molecule has 1 N–H and O–H groups in total. The van der Waals surface area contributed by atoms with Crippen LogP contribution in [0.5, 0.6) is 0 Å². The van der Waals surface area contributed by atoms with E-state index in [4.69, 9.17) is 9.47 Å². The third-order valence-electron chi connectivity index (χ3n) is 1.96. The summed E-state index contributed by atoms with van der Waals surface area (Å²) >= 11 is 0. The summed E-state index contributed by atoms with van der Waals surface area (Å²) in [4.78, 5) is 2.19. The average Bonchev–Trinajstić information content (AvgIpc) is 2.13. The van der Waals surface area contributed by atoms with E-state index in [1.54, 1.807) is 21.1 Å². The Morgan fingerprint density at radius 1 is 1.14 bits per heavy atom. The highest BCUT2D eigenvalue weighted by molar-refractivity contribution is 4.61. The molecule has 0 aromatic rings. The number of hydrogen-bond acceptors (Lipinski definition) is 4. The maximum atomic E-state index is 9.26. The van der Waals surface area contributed by atoms with Gasteiger partial charge >= 0.3 is 0 Å². The van der Waals surface area contributed by atoms with Crippen molar-refractivity contribution in [2.24, 2.45) is 0 Å². The highest BCUT2D eigenvalue weighted by Gasteiger charge is 2.07. The summed E-state index contributed by atoms with van der Waals surface area (Å²) in [6, 6.07) is 0. The highest BCUT2D eigenvalue weighted by atomic mass is 16.5. The minimum Gasteiger partial charge on any atom is -0.392 e. The van der Waals surface area contributed by atoms with Gasteiger partial charge in [-0.3, -0.25) is 4.90 Å². The van der Waals surface area contributed by atoms with Crippen molar-refractivity contribution in [3.05, 3.63) is 0 Å². The molecule has 0 saturated heterocycles. The van der Waals surface area contributed by atoms with E-state index in [1.807, 2.05) is 0 Å². The molecular weight excluding hydrogens is 182 g/mol. The highest BCUT2D eigenvalue weighted by Crippen LogP contribution is 1.95. The summed E-state index contributed by atoms with van der Waals surface area (Å²) in [5.74, 6) is 0. The molecule has 0 rings (SSSR count). The van der Waals surface area contributed by atoms with Crippen molar-refractivity contribution < 1.29 is 14.6 Å². The number of ether oxygens (including phenoxy) is 2. The van der Waals surface area contributed by atoms with Crippen LogP contribution in [0.25, 0.3) is 0 Å². The van der Waals surface area contributed by atoms with Gasteiger partial charge in [0, 0.05) is 40.5 Å². The summed E-state index contributed by atoms with van der Waals surface area (Å²) in [6.07, 6.45) is 0.710. The van der Waals surface area contributed by atoms with E-state index in [2.05, 4.69) is 4.90 Å². The van der Waals surface area contributed by atoms with E-state index in [0.717, 1.165) is 26.1 Å². The predicted octanol–water partition coefficient (Wildman–Crippen LogP) is 0.352. The van der Waals surface area contributed by atoms with Crippen molar-refractivity contribution in [1.29, 1.82) is 0 Å². The second-order valence-electron chi connectivity index (χ2n) is 3.49. The summed E-state index contributed by atoms with van der Waals surface area (Å²) in [6.45, 7) is 5.79. The molecule has 0 amide bonds. The number of rotatable bonds is 9. The lowest BCUT2D eigenvalue weighted by atomic mass is 10.3. The third kappa shape index (κ3) is 8.44. The van der Waals surface area contributed by atoms with Gasteiger partial charge < -0.3 is 14.6 Å². The molecule has 14 heavy (non-hydrogen) atoms. The first-order valence-corrected chi connectivity index (χ1v) is 5.09. The molecule has 0 fully saturated rings. The van der Waals surface area contributed by atoms with Crippen LogP contribution in [0.1, 0.15) is 13.3 Å². The Morgan fingerprint density at radius 2 is 1.79 bits per heavy atom. The summed E-state index contributed by atoms with van der Waals surface area (Å²) in [5, 5.41) is 9.26. The molecule has 0 bridgehead atoms.